The predicted molar refractivity (Wildman–Crippen MR) is 55.5 cm³/mol. The van der Waals surface area contributed by atoms with Crippen molar-refractivity contribution in [3.05, 3.63) is 0 Å². The molecule has 0 N–H and O–H groups in total. The monoisotopic (exact) mass is 516 g/mol. The number of alkyl halides is 9. The van der Waals surface area contributed by atoms with Gasteiger partial charge in [0.15, 0.2) is 0 Å². The average Bonchev–Trinajstić information content (AvgIpc) is 2.43. The number of hydrogen-bond acceptors (Lipinski definition) is 9. The molecule has 0 aliphatic heterocycles. The smallest absolute Gasteiger partial charge is 0.844 e. The molecule has 28 heavy (non-hydrogen) atoms. The largest absolute Gasteiger partial charge is 3.00 e. The van der Waals surface area contributed by atoms with E-state index in [1.54, 1.807) is 0 Å². The van der Waals surface area contributed by atoms with Crippen molar-refractivity contribution in [2.45, 2.75) is 19.1 Å². The van der Waals surface area contributed by atoms with E-state index >= 15 is 0 Å². The van der Waals surface area contributed by atoms with E-state index in [9.17, 15) is 54.6 Å². The van der Waals surface area contributed by atoms with Crippen LogP contribution in [0.4, 0.5) is 39.5 Å². The molecule has 0 spiro atoms. The molecule has 0 aliphatic rings. The second kappa shape index (κ2) is 15.4. The minimum Gasteiger partial charge on any atom is -0.844 e. The van der Waals surface area contributed by atoms with Gasteiger partial charge in [0.1, 0.15) is 0 Å². The van der Waals surface area contributed by atoms with E-state index < -0.39 is 40.4 Å². The molecule has 9 nitrogen and oxygen atoms in total. The Morgan fingerprint density at radius 3 is 0.714 bits per heavy atom. The number of halogens is 9. The van der Waals surface area contributed by atoms with E-state index in [4.69, 9.17) is 15.8 Å². The summed E-state index contributed by atoms with van der Waals surface area (Å²) in [5, 5.41) is 51.4. The fourth-order valence-corrected chi connectivity index (χ4v) is 0.443. The molecule has 0 unspecified atom stereocenters. The van der Waals surface area contributed by atoms with Crippen molar-refractivity contribution in [2.24, 2.45) is 0 Å². The molecule has 0 saturated carbocycles. The van der Waals surface area contributed by atoms with Gasteiger partial charge < -0.3 is 29.0 Å². The number of nitrogens with zero attached hydrogens (tertiary/aromatic N) is 3. The SMILES string of the molecule is N#CB([O-])OC(F)(F)F.N#CB([O-])OC(F)(F)F.N#CB([O-])OC(F)(F)F.[Ru+3]. The van der Waals surface area contributed by atoms with Gasteiger partial charge in [-0.25, -0.2) is 15.8 Å². The van der Waals surface area contributed by atoms with E-state index in [1.807, 2.05) is 0 Å². The van der Waals surface area contributed by atoms with Gasteiger partial charge in [0.25, 0.3) is 0 Å². The third-order valence-corrected chi connectivity index (χ3v) is 1.04. The number of nitriles is 3. The first-order valence-corrected chi connectivity index (χ1v) is 5.26. The Balaban J connectivity index is -0.000000152. The standard InChI is InChI=1S/3C2BF3NO2.Ru/c3*4-2(5,6)9-3(8)1-7;/q3*-1;+3. The molecule has 22 heteroatoms. The van der Waals surface area contributed by atoms with Crippen LogP contribution in [0.5, 0.6) is 0 Å². The maximum Gasteiger partial charge on any atom is 3.00 e. The molecule has 0 aromatic rings. The topological polar surface area (TPSA) is 168 Å². The van der Waals surface area contributed by atoms with Crippen LogP contribution in [0.2, 0.25) is 0 Å². The Hall–Kier alpha value is -1.58. The van der Waals surface area contributed by atoms with Crippen LogP contribution in [-0.4, -0.2) is 40.4 Å². The van der Waals surface area contributed by atoms with Crippen LogP contribution in [0.1, 0.15) is 0 Å². The molecule has 155 valence electrons. The van der Waals surface area contributed by atoms with Crippen LogP contribution in [-0.2, 0) is 33.4 Å². The summed E-state index contributed by atoms with van der Waals surface area (Å²) in [7, 11) is -8.03. The third kappa shape index (κ3) is 35.5. The number of rotatable bonds is 3. The summed E-state index contributed by atoms with van der Waals surface area (Å²) in [6.45, 7) is 0. The normalized spacial score (nSPS) is 10.2. The summed E-state index contributed by atoms with van der Waals surface area (Å²) in [5.41, 5.74) is 0. The van der Waals surface area contributed by atoms with Crippen LogP contribution in [0.25, 0.3) is 0 Å². The Morgan fingerprint density at radius 2 is 0.679 bits per heavy atom. The second-order valence-corrected chi connectivity index (χ2v) is 3.07. The average molecular weight is 515 g/mol. The molecule has 0 bridgehead atoms. The minimum absolute atomic E-state index is 0. The summed E-state index contributed by atoms with van der Waals surface area (Å²) < 4.78 is 106. The molecule has 0 atom stereocenters. The van der Waals surface area contributed by atoms with E-state index in [2.05, 4.69) is 14.0 Å². The number of hydrogen-bond donors (Lipinski definition) is 0. The van der Waals surface area contributed by atoms with Crippen molar-refractivity contribution < 1.29 is 88.0 Å². The molecule has 0 aromatic carbocycles. The summed E-state index contributed by atoms with van der Waals surface area (Å²) in [4.78, 5) is 0. The second-order valence-electron chi connectivity index (χ2n) is 3.07. The zero-order chi connectivity index (χ0) is 22.5. The molecule has 0 aliphatic carbocycles. The summed E-state index contributed by atoms with van der Waals surface area (Å²) >= 11 is 0. The molecule has 1 radical (unpaired) electrons. The summed E-state index contributed by atoms with van der Waals surface area (Å²) in [5.74, 6) is 2.17. The quantitative estimate of drug-likeness (QED) is 0.315. The van der Waals surface area contributed by atoms with Crippen molar-refractivity contribution in [3.8, 4) is 17.9 Å². The van der Waals surface area contributed by atoms with Gasteiger partial charge in [0, 0.05) is 17.9 Å². The summed E-state index contributed by atoms with van der Waals surface area (Å²) in [6, 6.07) is 0. The van der Waals surface area contributed by atoms with Gasteiger partial charge in [-0.05, 0) is 0 Å². The third-order valence-electron chi connectivity index (χ3n) is 1.04. The Morgan fingerprint density at radius 1 is 0.536 bits per heavy atom. The van der Waals surface area contributed by atoms with E-state index in [0.717, 1.165) is 17.9 Å². The molecule has 0 rings (SSSR count). The first-order valence-electron chi connectivity index (χ1n) is 5.26. The minimum atomic E-state index is -5.01. The van der Waals surface area contributed by atoms with E-state index in [1.165, 1.54) is 0 Å². The van der Waals surface area contributed by atoms with Crippen molar-refractivity contribution in [2.75, 3.05) is 0 Å². The van der Waals surface area contributed by atoms with Gasteiger partial charge in [-0.1, -0.05) is 0 Å². The maximum absolute atomic E-state index is 10.9. The van der Waals surface area contributed by atoms with Crippen molar-refractivity contribution in [1.29, 1.82) is 15.8 Å². The van der Waals surface area contributed by atoms with Gasteiger partial charge in [-0.3, -0.25) is 0 Å². The van der Waals surface area contributed by atoms with E-state index in [-0.39, 0.29) is 19.5 Å². The Labute approximate surface area is 163 Å². The van der Waals surface area contributed by atoms with Crippen LogP contribution in [0, 0.1) is 33.7 Å². The first kappa shape index (κ1) is 34.0. The molecular formula is C6B3F9N3O6Ru. The maximum atomic E-state index is 10.9. The fourth-order valence-electron chi connectivity index (χ4n) is 0.443. The molecule has 0 heterocycles. The fraction of sp³-hybridized carbons (Fsp3) is 0.500. The van der Waals surface area contributed by atoms with Gasteiger partial charge in [0.2, 0.25) is 0 Å². The first-order chi connectivity index (χ1) is 11.9. The van der Waals surface area contributed by atoms with Gasteiger partial charge in [0.05, 0.1) is 0 Å². The molecule has 0 aromatic heterocycles. The summed E-state index contributed by atoms with van der Waals surface area (Å²) in [6.07, 6.45) is -15.0. The Kier molecular flexibility index (Phi) is 18.6. The van der Waals surface area contributed by atoms with Crippen LogP contribution < -0.4 is 15.1 Å². The van der Waals surface area contributed by atoms with Crippen molar-refractivity contribution in [3.63, 3.8) is 0 Å². The van der Waals surface area contributed by atoms with Gasteiger partial charge in [-0.15, -0.1) is 39.5 Å². The molecular weight excluding hydrogens is 515 g/mol. The zero-order valence-electron chi connectivity index (χ0n) is 12.3. The molecule has 0 saturated heterocycles. The van der Waals surface area contributed by atoms with E-state index in [0.29, 0.717) is 0 Å². The van der Waals surface area contributed by atoms with Gasteiger partial charge >= 0.3 is 59.9 Å². The zero-order valence-corrected chi connectivity index (χ0v) is 14.0. The Bertz CT molecular complexity index is 469. The van der Waals surface area contributed by atoms with Crippen molar-refractivity contribution >= 4 is 21.4 Å². The van der Waals surface area contributed by atoms with Crippen molar-refractivity contribution in [1.82, 2.24) is 0 Å². The van der Waals surface area contributed by atoms with Gasteiger partial charge in [-0.2, -0.15) is 0 Å². The van der Waals surface area contributed by atoms with Crippen LogP contribution >= 0.6 is 0 Å². The molecule has 0 amide bonds. The van der Waals surface area contributed by atoms with Crippen LogP contribution in [0.15, 0.2) is 0 Å². The molecule has 0 fully saturated rings. The van der Waals surface area contributed by atoms with Crippen LogP contribution in [0.3, 0.4) is 0 Å². The predicted octanol–water partition coefficient (Wildman–Crippen LogP) is -1.70.